The van der Waals surface area contributed by atoms with Crippen molar-refractivity contribution in [3.05, 3.63) is 0 Å². The number of hydrogen-bond donors (Lipinski definition) is 3. The maximum atomic E-state index is 8.66. The van der Waals surface area contributed by atoms with Gasteiger partial charge in [-0.1, -0.05) is 0 Å². The average Bonchev–Trinajstić information content (AvgIpc) is 1.36. The Balaban J connectivity index is -0.0000000286. The Kier molecular flexibility index (Phi) is 35.1. The normalized spacial score (nSPS) is 7.22. The molecule has 0 unspecified atom stereocenters. The fourth-order valence-electron chi connectivity index (χ4n) is 0. The van der Waals surface area contributed by atoms with E-state index in [0.717, 1.165) is 0 Å². The van der Waals surface area contributed by atoms with Gasteiger partial charge in [0.05, 0.1) is 7.82 Å². The number of phosphoric acid groups is 1. The van der Waals surface area contributed by atoms with E-state index in [1.54, 1.807) is 0 Å². The molecule has 0 fully saturated rings. The fraction of sp³-hybridized carbons (Fsp3) is 0. The van der Waals surface area contributed by atoms with Crippen LogP contribution in [0.4, 0.5) is 0 Å². The van der Waals surface area contributed by atoms with E-state index in [4.69, 9.17) is 29.8 Å². The van der Waals surface area contributed by atoms with Crippen molar-refractivity contribution in [2.75, 3.05) is 0 Å². The third-order valence-electron chi connectivity index (χ3n) is 0. The molecule has 0 amide bonds. The van der Waals surface area contributed by atoms with E-state index in [1.807, 2.05) is 0 Å². The quantitative estimate of drug-likeness (QED) is 0.157. The summed E-state index contributed by atoms with van der Waals surface area (Å²) in [5, 5.41) is 12.0. The maximum absolute atomic E-state index is 8.66. The Bertz CT molecular complexity index is 57.2. The molecule has 0 radical (unpaired) electrons. The van der Waals surface area contributed by atoms with Crippen molar-refractivity contribution >= 4 is 7.82 Å². The second-order valence-corrected chi connectivity index (χ2v) is 1.41. The van der Waals surface area contributed by atoms with Gasteiger partial charge >= 0.3 is 103 Å². The first-order chi connectivity index (χ1) is 3.00. The van der Waals surface area contributed by atoms with Gasteiger partial charge in [0.2, 0.25) is 0 Å². The monoisotopic (exact) mass is 208 g/mol. The van der Waals surface area contributed by atoms with Crippen LogP contribution in [0.25, 0.3) is 0 Å². The number of hydrogen-bond acceptors (Lipinski definition) is 5. The van der Waals surface area contributed by atoms with E-state index in [0.29, 0.717) is 0 Å². The minimum atomic E-state index is -5.14. The van der Waals surface area contributed by atoms with Crippen LogP contribution in [0.5, 0.6) is 0 Å². The smallest absolute Gasteiger partial charge is 0.790 e. The standard InChI is InChI=1S/2K.H3O4P.H2O2/c;;1-5(2,3)4;1-2/h;;(H3,1,2,3,4);1-2H/q2*+1;;/p-2. The van der Waals surface area contributed by atoms with E-state index in [2.05, 4.69) is 0 Å². The number of rotatable bonds is 0. The molecule has 3 N–H and O–H groups in total. The topological polar surface area (TPSA) is 124 Å². The molecular formula is H3K2O6P. The molecule has 0 bridgehead atoms. The molecule has 0 aromatic rings. The van der Waals surface area contributed by atoms with Crippen LogP contribution in [-0.2, 0) is 4.57 Å². The zero-order valence-electron chi connectivity index (χ0n) is 5.01. The summed E-state index contributed by atoms with van der Waals surface area (Å²) in [5.74, 6) is 0. The van der Waals surface area contributed by atoms with E-state index in [-0.39, 0.29) is 103 Å². The second-order valence-electron chi connectivity index (χ2n) is 0.469. The van der Waals surface area contributed by atoms with Crippen LogP contribution in [0.2, 0.25) is 0 Å². The third kappa shape index (κ3) is 89.7. The molecule has 0 aromatic carbocycles. The predicted octanol–water partition coefficient (Wildman–Crippen LogP) is -8.17. The predicted molar refractivity (Wildman–Crippen MR) is 15.1 cm³/mol. The van der Waals surface area contributed by atoms with Gasteiger partial charge in [-0.05, 0) is 0 Å². The van der Waals surface area contributed by atoms with Gasteiger partial charge in [-0.25, -0.2) is 0 Å². The van der Waals surface area contributed by atoms with E-state index in [1.165, 1.54) is 0 Å². The van der Waals surface area contributed by atoms with Gasteiger partial charge in [-0.2, -0.15) is 0 Å². The molecule has 0 rings (SSSR count). The molecule has 9 heavy (non-hydrogen) atoms. The third-order valence-corrected chi connectivity index (χ3v) is 0. The maximum Gasteiger partial charge on any atom is 1.00 e. The Morgan fingerprint density at radius 1 is 1.11 bits per heavy atom. The van der Waals surface area contributed by atoms with Gasteiger partial charge in [0.15, 0.2) is 0 Å². The Morgan fingerprint density at radius 2 is 1.11 bits per heavy atom. The van der Waals surface area contributed by atoms with Crippen molar-refractivity contribution < 1.29 is 133 Å². The summed E-state index contributed by atoms with van der Waals surface area (Å²) >= 11 is 0. The average molecular weight is 208 g/mol. The molecule has 0 aliphatic rings. The molecule has 6 nitrogen and oxygen atoms in total. The molecule has 46 valence electrons. The van der Waals surface area contributed by atoms with Gasteiger partial charge in [0.25, 0.3) is 0 Å². The van der Waals surface area contributed by atoms with Gasteiger partial charge in [-0.15, -0.1) is 0 Å². The van der Waals surface area contributed by atoms with Crippen molar-refractivity contribution in [2.45, 2.75) is 0 Å². The molecule has 0 aromatic heterocycles. The molecule has 0 atom stereocenters. The van der Waals surface area contributed by atoms with Crippen LogP contribution in [0.1, 0.15) is 0 Å². The van der Waals surface area contributed by atoms with E-state index >= 15 is 0 Å². The van der Waals surface area contributed by atoms with Crippen LogP contribution in [-0.4, -0.2) is 15.4 Å². The summed E-state index contributed by atoms with van der Waals surface area (Å²) in [6.45, 7) is 0. The first kappa shape index (κ1) is 22.8. The first-order valence-corrected chi connectivity index (χ1v) is 2.44. The van der Waals surface area contributed by atoms with Crippen molar-refractivity contribution in [1.82, 2.24) is 0 Å². The zero-order valence-corrected chi connectivity index (χ0v) is 12.2. The van der Waals surface area contributed by atoms with Crippen molar-refractivity contribution in [1.29, 1.82) is 0 Å². The van der Waals surface area contributed by atoms with Crippen LogP contribution in [0, 0.1) is 0 Å². The fourth-order valence-corrected chi connectivity index (χ4v) is 0. The summed E-state index contributed by atoms with van der Waals surface area (Å²) in [5.41, 5.74) is 0. The van der Waals surface area contributed by atoms with Crippen molar-refractivity contribution in [2.24, 2.45) is 0 Å². The summed E-state index contributed by atoms with van der Waals surface area (Å²) in [6, 6.07) is 0. The zero-order chi connectivity index (χ0) is 6.50. The van der Waals surface area contributed by atoms with Crippen LogP contribution in [0.3, 0.4) is 0 Å². The van der Waals surface area contributed by atoms with Crippen LogP contribution in [0.15, 0.2) is 0 Å². The van der Waals surface area contributed by atoms with Crippen LogP contribution < -0.4 is 113 Å². The van der Waals surface area contributed by atoms with Crippen molar-refractivity contribution in [3.63, 3.8) is 0 Å². The summed E-state index contributed by atoms with van der Waals surface area (Å²) in [4.78, 5) is 24.3. The van der Waals surface area contributed by atoms with Gasteiger partial charge in [0, 0.05) is 0 Å². The Labute approximate surface area is 137 Å². The molecule has 0 aliphatic heterocycles. The van der Waals surface area contributed by atoms with Gasteiger partial charge < -0.3 is 19.2 Å². The van der Waals surface area contributed by atoms with Crippen LogP contribution >= 0.6 is 7.82 Å². The van der Waals surface area contributed by atoms with Gasteiger partial charge in [0.1, 0.15) is 0 Å². The Hall–Kier alpha value is 3.30. The van der Waals surface area contributed by atoms with Crippen molar-refractivity contribution in [3.8, 4) is 0 Å². The second kappa shape index (κ2) is 13.9. The first-order valence-electron chi connectivity index (χ1n) is 0.948. The molecule has 9 heteroatoms. The molecule has 0 aliphatic carbocycles. The molecule has 0 spiro atoms. The molecule has 0 saturated carbocycles. The summed E-state index contributed by atoms with van der Waals surface area (Å²) < 4.78 is 8.66. The SMILES string of the molecule is O=P([O-])([O-])O.OO.[K+].[K+]. The van der Waals surface area contributed by atoms with E-state index < -0.39 is 7.82 Å². The largest absolute Gasteiger partial charge is 1.00 e. The minimum absolute atomic E-state index is 0. The summed E-state index contributed by atoms with van der Waals surface area (Å²) in [6.07, 6.45) is 0. The van der Waals surface area contributed by atoms with E-state index in [9.17, 15) is 0 Å². The molecule has 0 heterocycles. The van der Waals surface area contributed by atoms with Gasteiger partial charge in [-0.3, -0.25) is 10.5 Å². The molecule has 0 saturated heterocycles. The Morgan fingerprint density at radius 3 is 1.11 bits per heavy atom. The minimum Gasteiger partial charge on any atom is -0.790 e. The summed E-state index contributed by atoms with van der Waals surface area (Å²) in [7, 11) is -5.14. The molecular weight excluding hydrogens is 205 g/mol.